The van der Waals surface area contributed by atoms with Crippen LogP contribution in [0.5, 0.6) is 0 Å². The number of aryl methyl sites for hydroxylation is 3. The first-order valence-electron chi connectivity index (χ1n) is 5.75. The van der Waals surface area contributed by atoms with Crippen LogP contribution in [0, 0.1) is 26.6 Å². The van der Waals surface area contributed by atoms with Gasteiger partial charge in [-0.25, -0.2) is 19.2 Å². The van der Waals surface area contributed by atoms with Crippen LogP contribution in [-0.4, -0.2) is 21.0 Å². The van der Waals surface area contributed by atoms with Gasteiger partial charge in [0.1, 0.15) is 11.4 Å². The normalized spacial score (nSPS) is 10.5. The summed E-state index contributed by atoms with van der Waals surface area (Å²) < 4.78 is 13.2. The molecule has 0 bridgehead atoms. The molecule has 0 fully saturated rings. The molecule has 1 aromatic carbocycles. The highest BCUT2D eigenvalue weighted by atomic mass is 19.1. The second kappa shape index (κ2) is 4.76. The van der Waals surface area contributed by atoms with Crippen molar-refractivity contribution in [3.05, 3.63) is 46.5 Å². The number of rotatable bonds is 2. The molecular formula is C14H13FN2O2. The molecular weight excluding hydrogens is 247 g/mol. The van der Waals surface area contributed by atoms with Gasteiger partial charge in [0.25, 0.3) is 0 Å². The lowest BCUT2D eigenvalue weighted by Gasteiger charge is -2.08. The topological polar surface area (TPSA) is 63.1 Å². The van der Waals surface area contributed by atoms with Crippen molar-refractivity contribution in [3.8, 4) is 11.4 Å². The smallest absolute Gasteiger partial charge is 0.339 e. The highest BCUT2D eigenvalue weighted by Crippen LogP contribution is 2.21. The molecule has 0 saturated heterocycles. The van der Waals surface area contributed by atoms with Gasteiger partial charge < -0.3 is 5.11 Å². The van der Waals surface area contributed by atoms with Gasteiger partial charge >= 0.3 is 5.97 Å². The number of aromatic nitrogens is 2. The average Bonchev–Trinajstić information content (AvgIpc) is 2.31. The lowest BCUT2D eigenvalue weighted by atomic mass is 10.1. The van der Waals surface area contributed by atoms with Crippen LogP contribution < -0.4 is 0 Å². The molecule has 0 saturated carbocycles. The van der Waals surface area contributed by atoms with Crippen molar-refractivity contribution >= 4 is 5.97 Å². The molecule has 1 N–H and O–H groups in total. The standard InChI is InChI=1S/C14H13FN2O2/c1-7-6-10(4-5-11(7)15)13-16-8(2)12(14(18)19)9(3)17-13/h4-6H,1-3H3,(H,18,19). The Morgan fingerprint density at radius 1 is 1.16 bits per heavy atom. The molecule has 0 unspecified atom stereocenters. The fourth-order valence-electron chi connectivity index (χ4n) is 1.94. The Balaban J connectivity index is 2.58. The third kappa shape index (κ3) is 2.45. The SMILES string of the molecule is Cc1cc(-c2nc(C)c(C(=O)O)c(C)n2)ccc1F. The molecule has 1 heterocycles. The lowest BCUT2D eigenvalue weighted by molar-refractivity contribution is 0.0694. The minimum absolute atomic E-state index is 0.114. The molecule has 1 aromatic heterocycles. The number of benzene rings is 1. The number of aromatic carboxylic acids is 1. The van der Waals surface area contributed by atoms with Crippen molar-refractivity contribution in [3.63, 3.8) is 0 Å². The van der Waals surface area contributed by atoms with Gasteiger partial charge in [-0.05, 0) is 44.5 Å². The van der Waals surface area contributed by atoms with Crippen LogP contribution in [0.25, 0.3) is 11.4 Å². The van der Waals surface area contributed by atoms with E-state index < -0.39 is 5.97 Å². The van der Waals surface area contributed by atoms with E-state index in [9.17, 15) is 9.18 Å². The largest absolute Gasteiger partial charge is 0.478 e. The molecule has 0 aliphatic carbocycles. The van der Waals surface area contributed by atoms with E-state index in [1.807, 2.05) is 0 Å². The first-order valence-corrected chi connectivity index (χ1v) is 5.75. The van der Waals surface area contributed by atoms with E-state index in [0.29, 0.717) is 28.3 Å². The van der Waals surface area contributed by atoms with E-state index in [4.69, 9.17) is 5.11 Å². The maximum Gasteiger partial charge on any atom is 0.339 e. The summed E-state index contributed by atoms with van der Waals surface area (Å²) in [5.74, 6) is -0.931. The maximum absolute atomic E-state index is 13.2. The predicted molar refractivity (Wildman–Crippen MR) is 68.6 cm³/mol. The molecule has 0 radical (unpaired) electrons. The monoisotopic (exact) mass is 260 g/mol. The lowest BCUT2D eigenvalue weighted by Crippen LogP contribution is -2.08. The predicted octanol–water partition coefficient (Wildman–Crippen LogP) is 2.91. The molecule has 0 amide bonds. The van der Waals surface area contributed by atoms with Gasteiger partial charge in [0.15, 0.2) is 5.82 Å². The Hall–Kier alpha value is -2.30. The number of hydrogen-bond acceptors (Lipinski definition) is 3. The highest BCUT2D eigenvalue weighted by Gasteiger charge is 2.15. The number of carboxylic acids is 1. The molecule has 0 aliphatic rings. The molecule has 0 spiro atoms. The molecule has 19 heavy (non-hydrogen) atoms. The zero-order valence-corrected chi connectivity index (χ0v) is 10.9. The van der Waals surface area contributed by atoms with E-state index in [1.54, 1.807) is 32.9 Å². The Labute approximate surface area is 110 Å². The number of halogens is 1. The van der Waals surface area contributed by atoms with Crippen LogP contribution in [0.4, 0.5) is 4.39 Å². The first-order chi connectivity index (χ1) is 8.90. The summed E-state index contributed by atoms with van der Waals surface area (Å²) in [4.78, 5) is 19.4. The van der Waals surface area contributed by atoms with E-state index in [0.717, 1.165) is 0 Å². The van der Waals surface area contributed by atoms with Crippen LogP contribution in [0.15, 0.2) is 18.2 Å². The summed E-state index contributed by atoms with van der Waals surface area (Å²) in [5, 5.41) is 9.06. The van der Waals surface area contributed by atoms with Gasteiger partial charge in [0.2, 0.25) is 0 Å². The van der Waals surface area contributed by atoms with Gasteiger partial charge in [-0.2, -0.15) is 0 Å². The summed E-state index contributed by atoms with van der Waals surface area (Å²) in [7, 11) is 0. The zero-order chi connectivity index (χ0) is 14.2. The first kappa shape index (κ1) is 13.1. The second-order valence-corrected chi connectivity index (χ2v) is 4.36. The quantitative estimate of drug-likeness (QED) is 0.901. The maximum atomic E-state index is 13.2. The van der Waals surface area contributed by atoms with Gasteiger partial charge in [-0.15, -0.1) is 0 Å². The van der Waals surface area contributed by atoms with Crippen LogP contribution in [0.2, 0.25) is 0 Å². The third-order valence-corrected chi connectivity index (χ3v) is 2.90. The third-order valence-electron chi connectivity index (χ3n) is 2.90. The second-order valence-electron chi connectivity index (χ2n) is 4.36. The molecule has 98 valence electrons. The van der Waals surface area contributed by atoms with Crippen molar-refractivity contribution in [1.29, 1.82) is 0 Å². The summed E-state index contributed by atoms with van der Waals surface area (Å²) >= 11 is 0. The van der Waals surface area contributed by atoms with E-state index in [2.05, 4.69) is 9.97 Å². The number of carbonyl (C=O) groups is 1. The van der Waals surface area contributed by atoms with E-state index in [1.165, 1.54) is 6.07 Å². The van der Waals surface area contributed by atoms with Gasteiger partial charge in [-0.3, -0.25) is 0 Å². The molecule has 2 rings (SSSR count). The highest BCUT2D eigenvalue weighted by molar-refractivity contribution is 5.90. The minimum Gasteiger partial charge on any atom is -0.478 e. The minimum atomic E-state index is -1.04. The van der Waals surface area contributed by atoms with Gasteiger partial charge in [0.05, 0.1) is 11.4 Å². The number of hydrogen-bond donors (Lipinski definition) is 1. The Morgan fingerprint density at radius 3 is 2.21 bits per heavy atom. The van der Waals surface area contributed by atoms with Crippen LogP contribution in [0.1, 0.15) is 27.3 Å². The van der Waals surface area contributed by atoms with Crippen molar-refractivity contribution in [2.24, 2.45) is 0 Å². The van der Waals surface area contributed by atoms with Crippen molar-refractivity contribution in [2.45, 2.75) is 20.8 Å². The average molecular weight is 260 g/mol. The molecule has 4 nitrogen and oxygen atoms in total. The number of carboxylic acid groups (broad SMARTS) is 1. The van der Waals surface area contributed by atoms with Crippen molar-refractivity contribution in [1.82, 2.24) is 9.97 Å². The van der Waals surface area contributed by atoms with Gasteiger partial charge in [-0.1, -0.05) is 0 Å². The van der Waals surface area contributed by atoms with Crippen LogP contribution in [0.3, 0.4) is 0 Å². The van der Waals surface area contributed by atoms with E-state index in [-0.39, 0.29) is 11.4 Å². The molecule has 0 atom stereocenters. The Morgan fingerprint density at radius 2 is 1.74 bits per heavy atom. The summed E-state index contributed by atoms with van der Waals surface area (Å²) in [6.07, 6.45) is 0. The van der Waals surface area contributed by atoms with Crippen molar-refractivity contribution < 1.29 is 14.3 Å². The number of nitrogens with zero attached hydrogens (tertiary/aromatic N) is 2. The van der Waals surface area contributed by atoms with Crippen LogP contribution >= 0.6 is 0 Å². The van der Waals surface area contributed by atoms with Crippen molar-refractivity contribution in [2.75, 3.05) is 0 Å². The Bertz CT molecular complexity index is 645. The summed E-state index contributed by atoms with van der Waals surface area (Å²) in [6, 6.07) is 4.57. The fourth-order valence-corrected chi connectivity index (χ4v) is 1.94. The van der Waals surface area contributed by atoms with Gasteiger partial charge in [0, 0.05) is 5.56 Å². The summed E-state index contributed by atoms with van der Waals surface area (Å²) in [5.41, 5.74) is 2.08. The molecule has 0 aliphatic heterocycles. The fraction of sp³-hybridized carbons (Fsp3) is 0.214. The Kier molecular flexibility index (Phi) is 3.29. The summed E-state index contributed by atoms with van der Waals surface area (Å²) in [6.45, 7) is 4.90. The van der Waals surface area contributed by atoms with Crippen LogP contribution in [-0.2, 0) is 0 Å². The molecule has 5 heteroatoms. The zero-order valence-electron chi connectivity index (χ0n) is 10.9. The molecule has 2 aromatic rings. The van der Waals surface area contributed by atoms with E-state index >= 15 is 0 Å².